The average Bonchev–Trinajstić information content (AvgIpc) is 2.91. The van der Waals surface area contributed by atoms with Gasteiger partial charge in [-0.15, -0.1) is 0 Å². The number of hydrogen-bond donors (Lipinski definition) is 0. The van der Waals surface area contributed by atoms with Crippen molar-refractivity contribution in [3.05, 3.63) is 87.2 Å². The van der Waals surface area contributed by atoms with E-state index in [-0.39, 0.29) is 47.0 Å². The van der Waals surface area contributed by atoms with Gasteiger partial charge in [-0.25, -0.2) is 4.79 Å². The number of rotatable bonds is 9. The van der Waals surface area contributed by atoms with Gasteiger partial charge in [-0.1, -0.05) is 17.7 Å². The summed E-state index contributed by atoms with van der Waals surface area (Å²) in [5, 5.41) is 0.737. The summed E-state index contributed by atoms with van der Waals surface area (Å²) in [5.41, 5.74) is 0.527. The summed E-state index contributed by atoms with van der Waals surface area (Å²) in [6.07, 6.45) is 0. The molecule has 0 aliphatic carbocycles. The first kappa shape index (κ1) is 25.8. The first-order valence-electron chi connectivity index (χ1n) is 11.3. The van der Waals surface area contributed by atoms with Gasteiger partial charge < -0.3 is 23.4 Å². The Morgan fingerprint density at radius 2 is 1.65 bits per heavy atom. The van der Waals surface area contributed by atoms with Crippen molar-refractivity contribution in [2.24, 2.45) is 0 Å². The van der Waals surface area contributed by atoms with Crippen molar-refractivity contribution in [2.45, 2.75) is 6.92 Å². The minimum Gasteiger partial charge on any atom is -0.493 e. The van der Waals surface area contributed by atoms with E-state index in [1.54, 1.807) is 55.5 Å². The molecule has 0 fully saturated rings. The van der Waals surface area contributed by atoms with E-state index in [0.29, 0.717) is 27.6 Å². The van der Waals surface area contributed by atoms with E-state index in [9.17, 15) is 14.4 Å². The van der Waals surface area contributed by atoms with Gasteiger partial charge in [0.05, 0.1) is 31.8 Å². The molecule has 37 heavy (non-hydrogen) atoms. The van der Waals surface area contributed by atoms with E-state index >= 15 is 0 Å². The number of benzene rings is 3. The minimum atomic E-state index is -0.796. The second kappa shape index (κ2) is 11.2. The topological polar surface area (TPSA) is 101 Å². The predicted octanol–water partition coefficient (Wildman–Crippen LogP) is 5.57. The number of ether oxygens (including phenoxy) is 4. The normalized spacial score (nSPS) is 10.7. The third kappa shape index (κ3) is 5.44. The quantitative estimate of drug-likeness (QED) is 0.208. The van der Waals surface area contributed by atoms with Crippen molar-refractivity contribution in [2.75, 3.05) is 27.4 Å². The number of esters is 1. The van der Waals surface area contributed by atoms with Gasteiger partial charge in [0.1, 0.15) is 11.3 Å². The monoisotopic (exact) mass is 522 g/mol. The largest absolute Gasteiger partial charge is 0.493 e. The first-order valence-corrected chi connectivity index (χ1v) is 11.7. The summed E-state index contributed by atoms with van der Waals surface area (Å²) >= 11 is 5.87. The molecule has 0 aliphatic heterocycles. The number of Topliss-reactive ketones (excluding diaryl/α,β-unsaturated/α-hetero) is 1. The fourth-order valence-corrected chi connectivity index (χ4v) is 3.85. The number of carbonyl (C=O) groups is 2. The van der Waals surface area contributed by atoms with Crippen LogP contribution in [0, 0.1) is 0 Å². The Morgan fingerprint density at radius 3 is 2.32 bits per heavy atom. The van der Waals surface area contributed by atoms with Gasteiger partial charge in [0.2, 0.25) is 11.2 Å². The molecule has 1 aromatic heterocycles. The van der Waals surface area contributed by atoms with Crippen molar-refractivity contribution in [3.8, 4) is 28.4 Å². The Kier molecular flexibility index (Phi) is 7.79. The van der Waals surface area contributed by atoms with Gasteiger partial charge in [0, 0.05) is 16.7 Å². The maximum atomic E-state index is 13.6. The molecule has 0 bridgehead atoms. The van der Waals surface area contributed by atoms with E-state index < -0.39 is 11.4 Å². The Bertz CT molecular complexity index is 1520. The molecule has 0 amide bonds. The molecule has 0 spiro atoms. The van der Waals surface area contributed by atoms with Crippen LogP contribution >= 0.6 is 11.6 Å². The fourth-order valence-electron chi connectivity index (χ4n) is 3.73. The zero-order valence-electron chi connectivity index (χ0n) is 20.3. The van der Waals surface area contributed by atoms with Crippen LogP contribution in [-0.2, 0) is 4.74 Å². The number of fused-ring (bicyclic) bond motifs is 1. The molecule has 190 valence electrons. The van der Waals surface area contributed by atoms with Crippen molar-refractivity contribution < 1.29 is 33.0 Å². The third-order valence-corrected chi connectivity index (χ3v) is 5.78. The highest BCUT2D eigenvalue weighted by Crippen LogP contribution is 2.34. The molecular weight excluding hydrogens is 500 g/mol. The smallest absolute Gasteiger partial charge is 0.375 e. The number of ketones is 1. The molecule has 0 saturated carbocycles. The van der Waals surface area contributed by atoms with Crippen LogP contribution in [0.25, 0.3) is 22.1 Å². The van der Waals surface area contributed by atoms with Gasteiger partial charge in [-0.05, 0) is 61.0 Å². The maximum Gasteiger partial charge on any atom is 0.375 e. The molecule has 0 atom stereocenters. The van der Waals surface area contributed by atoms with Crippen molar-refractivity contribution >= 4 is 34.3 Å². The van der Waals surface area contributed by atoms with Gasteiger partial charge in [-0.3, -0.25) is 9.59 Å². The van der Waals surface area contributed by atoms with Crippen LogP contribution in [0.15, 0.2) is 69.9 Å². The van der Waals surface area contributed by atoms with E-state index in [1.165, 1.54) is 26.4 Å². The first-order chi connectivity index (χ1) is 17.9. The number of hydrogen-bond acceptors (Lipinski definition) is 8. The Labute approximate surface area is 217 Å². The predicted molar refractivity (Wildman–Crippen MR) is 138 cm³/mol. The number of carbonyl (C=O) groups excluding carboxylic acids is 2. The van der Waals surface area contributed by atoms with Crippen LogP contribution in [-0.4, -0.2) is 39.2 Å². The second-order valence-corrected chi connectivity index (χ2v) is 8.24. The molecule has 4 aromatic rings. The zero-order valence-corrected chi connectivity index (χ0v) is 21.1. The van der Waals surface area contributed by atoms with Crippen LogP contribution in [0.1, 0.15) is 27.8 Å². The lowest BCUT2D eigenvalue weighted by molar-refractivity contribution is 0.0492. The fraction of sp³-hybridized carbons (Fsp3) is 0.179. The molecule has 4 rings (SSSR count). The highest BCUT2D eigenvalue weighted by atomic mass is 35.5. The molecule has 0 radical (unpaired) electrons. The van der Waals surface area contributed by atoms with Gasteiger partial charge in [0.15, 0.2) is 23.9 Å². The standard InChI is InChI=1S/C28H23ClO8/c1-4-35-28(32)27-25(17-7-12-22(33-2)24(13-17)34-3)26(31)20-11-10-19(14-23(20)37-27)36-15-21(30)16-5-8-18(29)9-6-16/h5-14H,4,15H2,1-3H3. The van der Waals surface area contributed by atoms with Crippen LogP contribution in [0.4, 0.5) is 0 Å². The third-order valence-electron chi connectivity index (χ3n) is 5.53. The highest BCUT2D eigenvalue weighted by molar-refractivity contribution is 6.30. The second-order valence-electron chi connectivity index (χ2n) is 7.80. The number of methoxy groups -OCH3 is 2. The highest BCUT2D eigenvalue weighted by Gasteiger charge is 2.24. The lowest BCUT2D eigenvalue weighted by Gasteiger charge is -2.13. The Morgan fingerprint density at radius 1 is 0.919 bits per heavy atom. The lowest BCUT2D eigenvalue weighted by Crippen LogP contribution is -2.15. The average molecular weight is 523 g/mol. The van der Waals surface area contributed by atoms with Crippen LogP contribution in [0.2, 0.25) is 5.02 Å². The van der Waals surface area contributed by atoms with E-state index in [2.05, 4.69) is 0 Å². The summed E-state index contributed by atoms with van der Waals surface area (Å²) in [6.45, 7) is 1.49. The van der Waals surface area contributed by atoms with Gasteiger partial charge >= 0.3 is 5.97 Å². The summed E-state index contributed by atoms with van der Waals surface area (Å²) in [7, 11) is 2.96. The Hall–Kier alpha value is -4.30. The lowest BCUT2D eigenvalue weighted by atomic mass is 10.0. The molecule has 0 unspecified atom stereocenters. The minimum absolute atomic E-state index is 0.0264. The van der Waals surface area contributed by atoms with E-state index in [4.69, 9.17) is 35.0 Å². The van der Waals surface area contributed by atoms with Gasteiger partial charge in [0.25, 0.3) is 0 Å². The van der Waals surface area contributed by atoms with Crippen molar-refractivity contribution in [1.82, 2.24) is 0 Å². The zero-order chi connectivity index (χ0) is 26.5. The van der Waals surface area contributed by atoms with Gasteiger partial charge in [-0.2, -0.15) is 0 Å². The summed E-state index contributed by atoms with van der Waals surface area (Å²) in [5.74, 6) is -0.190. The van der Waals surface area contributed by atoms with E-state index in [0.717, 1.165) is 0 Å². The molecule has 0 saturated heterocycles. The molecule has 3 aromatic carbocycles. The van der Waals surface area contributed by atoms with Crippen LogP contribution < -0.4 is 19.6 Å². The maximum absolute atomic E-state index is 13.6. The summed E-state index contributed by atoms with van der Waals surface area (Å²) < 4.78 is 27.3. The molecule has 9 heteroatoms. The van der Waals surface area contributed by atoms with Crippen molar-refractivity contribution in [3.63, 3.8) is 0 Å². The SMILES string of the molecule is CCOC(=O)c1oc2cc(OCC(=O)c3ccc(Cl)cc3)ccc2c(=O)c1-c1ccc(OC)c(OC)c1. The molecule has 1 heterocycles. The molecule has 0 N–H and O–H groups in total. The Balaban J connectivity index is 1.74. The van der Waals surface area contributed by atoms with E-state index in [1.807, 2.05) is 0 Å². The molecule has 0 aliphatic rings. The number of halogens is 1. The molecular formula is C28H23ClO8. The van der Waals surface area contributed by atoms with Crippen molar-refractivity contribution in [1.29, 1.82) is 0 Å². The summed E-state index contributed by atoms with van der Waals surface area (Å²) in [6, 6.07) is 15.8. The van der Waals surface area contributed by atoms with Crippen LogP contribution in [0.5, 0.6) is 17.2 Å². The van der Waals surface area contributed by atoms with Crippen LogP contribution in [0.3, 0.4) is 0 Å². The summed E-state index contributed by atoms with van der Waals surface area (Å²) in [4.78, 5) is 38.8. The molecule has 8 nitrogen and oxygen atoms in total.